The molecule has 2 N–H and O–H groups in total. The van der Waals surface area contributed by atoms with Crippen LogP contribution in [-0.2, 0) is 6.42 Å². The van der Waals surface area contributed by atoms with Crippen LogP contribution in [0.4, 0.5) is 4.39 Å². The van der Waals surface area contributed by atoms with Crippen molar-refractivity contribution >= 4 is 0 Å². The van der Waals surface area contributed by atoms with Crippen LogP contribution in [0.3, 0.4) is 0 Å². The molecular formula is C9H11FN. The van der Waals surface area contributed by atoms with Crippen molar-refractivity contribution in [3.63, 3.8) is 0 Å². The lowest BCUT2D eigenvalue weighted by Gasteiger charge is -1.97. The maximum Gasteiger partial charge on any atom is 0.123 e. The third kappa shape index (κ3) is 2.68. The number of halogens is 1. The zero-order chi connectivity index (χ0) is 8.10. The van der Waals surface area contributed by atoms with Gasteiger partial charge in [-0.15, -0.1) is 0 Å². The third-order valence-electron chi connectivity index (χ3n) is 1.46. The molecule has 11 heavy (non-hydrogen) atoms. The van der Waals surface area contributed by atoms with Crippen LogP contribution >= 0.6 is 0 Å². The Morgan fingerprint density at radius 3 is 2.45 bits per heavy atom. The van der Waals surface area contributed by atoms with Crippen molar-refractivity contribution < 1.29 is 4.39 Å². The smallest absolute Gasteiger partial charge is 0.123 e. The highest BCUT2D eigenvalue weighted by Crippen LogP contribution is 2.03. The van der Waals surface area contributed by atoms with E-state index in [9.17, 15) is 4.39 Å². The molecule has 0 aliphatic rings. The largest absolute Gasteiger partial charge is 0.330 e. The van der Waals surface area contributed by atoms with E-state index in [0.29, 0.717) is 6.54 Å². The highest BCUT2D eigenvalue weighted by atomic mass is 19.1. The fourth-order valence-electron chi connectivity index (χ4n) is 0.870. The Labute approximate surface area is 66.0 Å². The minimum absolute atomic E-state index is 0.193. The molecule has 0 bridgehead atoms. The summed E-state index contributed by atoms with van der Waals surface area (Å²) in [5.41, 5.74) is 6.37. The summed E-state index contributed by atoms with van der Waals surface area (Å²) in [5.74, 6) is -0.193. The predicted molar refractivity (Wildman–Crippen MR) is 43.5 cm³/mol. The van der Waals surface area contributed by atoms with Gasteiger partial charge in [-0.05, 0) is 37.1 Å². The summed E-state index contributed by atoms with van der Waals surface area (Å²) in [5, 5.41) is 0. The van der Waals surface area contributed by atoms with E-state index < -0.39 is 0 Å². The third-order valence-corrected chi connectivity index (χ3v) is 1.46. The molecule has 1 aromatic rings. The molecule has 0 heterocycles. The van der Waals surface area contributed by atoms with Crippen molar-refractivity contribution in [2.75, 3.05) is 6.54 Å². The van der Waals surface area contributed by atoms with E-state index >= 15 is 0 Å². The molecule has 0 aromatic heterocycles. The molecule has 0 fully saturated rings. The fraction of sp³-hybridized carbons (Fsp3) is 0.222. The van der Waals surface area contributed by atoms with Crippen LogP contribution < -0.4 is 5.73 Å². The number of nitrogens with two attached hydrogens (primary N) is 1. The molecule has 0 saturated heterocycles. The van der Waals surface area contributed by atoms with Gasteiger partial charge in [0.2, 0.25) is 0 Å². The first-order valence-corrected chi connectivity index (χ1v) is 3.59. The van der Waals surface area contributed by atoms with Crippen molar-refractivity contribution in [3.05, 3.63) is 42.1 Å². The number of hydrogen-bond donors (Lipinski definition) is 1. The van der Waals surface area contributed by atoms with Gasteiger partial charge in [0.05, 0.1) is 0 Å². The summed E-state index contributed by atoms with van der Waals surface area (Å²) >= 11 is 0. The Hall–Kier alpha value is -0.890. The summed E-state index contributed by atoms with van der Waals surface area (Å²) in [7, 11) is 0. The van der Waals surface area contributed by atoms with Crippen molar-refractivity contribution in [2.24, 2.45) is 5.73 Å². The van der Waals surface area contributed by atoms with Gasteiger partial charge in [0.1, 0.15) is 5.82 Å². The number of benzene rings is 1. The number of hydrogen-bond acceptors (Lipinski definition) is 1. The lowest BCUT2D eigenvalue weighted by atomic mass is 10.1. The standard InChI is InChI=1S/C9H11FN/c10-9-5-3-8(4-6-9)2-1-7-11/h1,3-6H,2,7,11H2. The summed E-state index contributed by atoms with van der Waals surface area (Å²) < 4.78 is 12.4. The molecule has 0 aliphatic carbocycles. The van der Waals surface area contributed by atoms with E-state index in [1.807, 2.05) is 6.42 Å². The van der Waals surface area contributed by atoms with Crippen molar-refractivity contribution in [1.29, 1.82) is 0 Å². The fourth-order valence-corrected chi connectivity index (χ4v) is 0.870. The summed E-state index contributed by atoms with van der Waals surface area (Å²) in [6.45, 7) is 0.567. The number of rotatable bonds is 3. The van der Waals surface area contributed by atoms with E-state index in [1.54, 1.807) is 12.1 Å². The van der Waals surface area contributed by atoms with Gasteiger partial charge in [0, 0.05) is 0 Å². The van der Waals surface area contributed by atoms with Gasteiger partial charge < -0.3 is 5.73 Å². The average molecular weight is 152 g/mol. The molecule has 1 nitrogen and oxygen atoms in total. The van der Waals surface area contributed by atoms with Crippen molar-refractivity contribution in [3.8, 4) is 0 Å². The molecule has 2 heteroatoms. The van der Waals surface area contributed by atoms with Crippen LogP contribution in [0.15, 0.2) is 24.3 Å². The van der Waals surface area contributed by atoms with Crippen LogP contribution in [0.5, 0.6) is 0 Å². The van der Waals surface area contributed by atoms with Crippen LogP contribution in [0.25, 0.3) is 0 Å². The highest BCUT2D eigenvalue weighted by Gasteiger charge is 1.92. The van der Waals surface area contributed by atoms with Crippen LogP contribution in [0, 0.1) is 12.2 Å². The van der Waals surface area contributed by atoms with Crippen LogP contribution in [0.1, 0.15) is 5.56 Å². The minimum atomic E-state index is -0.193. The summed E-state index contributed by atoms with van der Waals surface area (Å²) in [6, 6.07) is 6.45. The first-order chi connectivity index (χ1) is 5.33. The Morgan fingerprint density at radius 1 is 1.27 bits per heavy atom. The summed E-state index contributed by atoms with van der Waals surface area (Å²) in [6.07, 6.45) is 2.77. The van der Waals surface area contributed by atoms with E-state index in [4.69, 9.17) is 5.73 Å². The molecule has 0 atom stereocenters. The van der Waals surface area contributed by atoms with Crippen molar-refractivity contribution in [2.45, 2.75) is 6.42 Å². The molecule has 1 radical (unpaired) electrons. The van der Waals surface area contributed by atoms with Gasteiger partial charge in [-0.2, -0.15) is 0 Å². The molecule has 0 spiro atoms. The van der Waals surface area contributed by atoms with Gasteiger partial charge in [0.25, 0.3) is 0 Å². The topological polar surface area (TPSA) is 26.0 Å². The Bertz CT molecular complexity index is 205. The zero-order valence-electron chi connectivity index (χ0n) is 6.26. The highest BCUT2D eigenvalue weighted by molar-refractivity contribution is 5.17. The second-order valence-electron chi connectivity index (χ2n) is 2.35. The quantitative estimate of drug-likeness (QED) is 0.698. The predicted octanol–water partition coefficient (Wildman–Crippen LogP) is 1.53. The summed E-state index contributed by atoms with van der Waals surface area (Å²) in [4.78, 5) is 0. The van der Waals surface area contributed by atoms with E-state index in [0.717, 1.165) is 12.0 Å². The van der Waals surface area contributed by atoms with Gasteiger partial charge in [-0.3, -0.25) is 0 Å². The van der Waals surface area contributed by atoms with Crippen molar-refractivity contribution in [1.82, 2.24) is 0 Å². The van der Waals surface area contributed by atoms with Gasteiger partial charge in [0.15, 0.2) is 0 Å². The normalized spacial score (nSPS) is 10.0. The lowest BCUT2D eigenvalue weighted by molar-refractivity contribution is 0.627. The van der Waals surface area contributed by atoms with Crippen LogP contribution in [-0.4, -0.2) is 6.54 Å². The second kappa shape index (κ2) is 4.09. The lowest BCUT2D eigenvalue weighted by Crippen LogP contribution is -2.01. The first-order valence-electron chi connectivity index (χ1n) is 3.59. The molecule has 0 unspecified atom stereocenters. The van der Waals surface area contributed by atoms with Crippen LogP contribution in [0.2, 0.25) is 0 Å². The van der Waals surface area contributed by atoms with Gasteiger partial charge in [-0.1, -0.05) is 12.1 Å². The average Bonchev–Trinajstić information content (AvgIpc) is 2.04. The molecule has 0 amide bonds. The Balaban J connectivity index is 2.52. The monoisotopic (exact) mass is 152 g/mol. The van der Waals surface area contributed by atoms with E-state index in [2.05, 4.69) is 0 Å². The molecule has 1 rings (SSSR count). The minimum Gasteiger partial charge on any atom is -0.330 e. The molecule has 59 valence electrons. The van der Waals surface area contributed by atoms with E-state index in [1.165, 1.54) is 12.1 Å². The maximum atomic E-state index is 12.4. The molecule has 1 aromatic carbocycles. The first kappa shape index (κ1) is 8.21. The van der Waals surface area contributed by atoms with Gasteiger partial charge >= 0.3 is 0 Å². The molecule has 0 aliphatic heterocycles. The molecule has 0 saturated carbocycles. The zero-order valence-corrected chi connectivity index (χ0v) is 6.26. The Morgan fingerprint density at radius 2 is 1.91 bits per heavy atom. The maximum absolute atomic E-state index is 12.4. The second-order valence-corrected chi connectivity index (χ2v) is 2.35. The van der Waals surface area contributed by atoms with E-state index in [-0.39, 0.29) is 5.82 Å². The Kier molecular flexibility index (Phi) is 3.05. The SMILES string of the molecule is NC[CH]Cc1ccc(F)cc1. The van der Waals surface area contributed by atoms with Gasteiger partial charge in [-0.25, -0.2) is 4.39 Å². The molecular weight excluding hydrogens is 141 g/mol.